The van der Waals surface area contributed by atoms with Gasteiger partial charge in [0, 0.05) is 6.61 Å². The van der Waals surface area contributed by atoms with Crippen LogP contribution in [0.2, 0.25) is 36.8 Å². The zero-order valence-electron chi connectivity index (χ0n) is 14.9. The molecule has 0 spiro atoms. The van der Waals surface area contributed by atoms with E-state index in [2.05, 4.69) is 89.9 Å². The molecule has 0 amide bonds. The molecule has 21 heavy (non-hydrogen) atoms. The topological polar surface area (TPSA) is 9.23 Å². The second-order valence-electron chi connectivity index (χ2n) is 8.00. The quantitative estimate of drug-likeness (QED) is 0.518. The minimum absolute atomic E-state index is 0.261. The predicted molar refractivity (Wildman–Crippen MR) is 101 cm³/mol. The van der Waals surface area contributed by atoms with Crippen molar-refractivity contribution < 1.29 is 4.43 Å². The Morgan fingerprint density at radius 3 is 2.05 bits per heavy atom. The molecule has 118 valence electrons. The summed E-state index contributed by atoms with van der Waals surface area (Å²) in [6.45, 7) is 21.3. The molecule has 0 saturated heterocycles. The van der Waals surface area contributed by atoms with Crippen LogP contribution in [0, 0.1) is 0 Å². The molecule has 0 heterocycles. The summed E-state index contributed by atoms with van der Waals surface area (Å²) in [5.41, 5.74) is 0.453. The van der Waals surface area contributed by atoms with E-state index in [-0.39, 0.29) is 5.04 Å². The molecule has 1 aromatic rings. The third-order valence-corrected chi connectivity index (χ3v) is 13.7. The summed E-state index contributed by atoms with van der Waals surface area (Å²) >= 11 is 0. The molecule has 0 aliphatic rings. The Balaban J connectivity index is 2.87. The fourth-order valence-corrected chi connectivity index (χ4v) is 5.93. The van der Waals surface area contributed by atoms with Crippen molar-refractivity contribution in [2.45, 2.75) is 57.5 Å². The Kier molecular flexibility index (Phi) is 5.81. The summed E-state index contributed by atoms with van der Waals surface area (Å²) in [5, 5.41) is 1.74. The lowest BCUT2D eigenvalue weighted by atomic mass is 10.2. The van der Waals surface area contributed by atoms with Gasteiger partial charge in [-0.05, 0) is 23.7 Å². The van der Waals surface area contributed by atoms with Crippen molar-refractivity contribution in [1.82, 2.24) is 0 Å². The molecule has 0 unspecified atom stereocenters. The summed E-state index contributed by atoms with van der Waals surface area (Å²) in [7, 11) is -3.28. The normalized spacial score (nSPS) is 14.8. The van der Waals surface area contributed by atoms with E-state index in [1.54, 1.807) is 0 Å². The Hall–Kier alpha value is -0.646. The summed E-state index contributed by atoms with van der Waals surface area (Å²) < 4.78 is 6.46. The van der Waals surface area contributed by atoms with E-state index in [4.69, 9.17) is 4.43 Å². The summed E-state index contributed by atoms with van der Waals surface area (Å²) in [6.07, 6.45) is 2.12. The van der Waals surface area contributed by atoms with Crippen LogP contribution in [0.1, 0.15) is 20.8 Å². The summed E-state index contributed by atoms with van der Waals surface area (Å²) in [5.74, 6) is 0. The molecule has 0 bridgehead atoms. The minimum Gasteiger partial charge on any atom is -0.417 e. The average Bonchev–Trinajstić information content (AvgIpc) is 2.38. The number of rotatable bonds is 6. The van der Waals surface area contributed by atoms with E-state index in [0.717, 1.165) is 6.61 Å². The van der Waals surface area contributed by atoms with E-state index in [1.807, 2.05) is 0 Å². The van der Waals surface area contributed by atoms with Crippen LogP contribution in [0.15, 0.2) is 43.0 Å². The zero-order valence-corrected chi connectivity index (χ0v) is 16.9. The van der Waals surface area contributed by atoms with Crippen LogP contribution in [0.25, 0.3) is 0 Å². The second kappa shape index (κ2) is 6.63. The van der Waals surface area contributed by atoms with Crippen molar-refractivity contribution in [3.63, 3.8) is 0 Å². The number of hydrogen-bond acceptors (Lipinski definition) is 1. The number of benzene rings is 1. The molecule has 3 heteroatoms. The molecule has 1 rings (SSSR count). The van der Waals surface area contributed by atoms with Gasteiger partial charge in [0.25, 0.3) is 0 Å². The van der Waals surface area contributed by atoms with Crippen molar-refractivity contribution in [2.75, 3.05) is 6.61 Å². The van der Waals surface area contributed by atoms with E-state index in [0.29, 0.717) is 5.54 Å². The van der Waals surface area contributed by atoms with Crippen LogP contribution in [-0.2, 0) is 4.43 Å². The Morgan fingerprint density at radius 2 is 1.62 bits per heavy atom. The zero-order chi connectivity index (χ0) is 16.3. The Morgan fingerprint density at radius 1 is 1.10 bits per heavy atom. The molecule has 0 N–H and O–H groups in total. The molecule has 0 aliphatic heterocycles. The lowest BCUT2D eigenvalue weighted by Crippen LogP contribution is -2.49. The minimum atomic E-state index is -1.69. The van der Waals surface area contributed by atoms with Crippen LogP contribution in [0.5, 0.6) is 0 Å². The molecule has 0 aromatic heterocycles. The van der Waals surface area contributed by atoms with Gasteiger partial charge in [0.2, 0.25) is 0 Å². The van der Waals surface area contributed by atoms with Crippen LogP contribution in [0.3, 0.4) is 0 Å². The van der Waals surface area contributed by atoms with Gasteiger partial charge in [-0.2, -0.15) is 0 Å². The van der Waals surface area contributed by atoms with Gasteiger partial charge < -0.3 is 4.43 Å². The monoisotopic (exact) mass is 320 g/mol. The molecular weight excluding hydrogens is 288 g/mol. The first-order chi connectivity index (χ1) is 9.52. The van der Waals surface area contributed by atoms with Crippen LogP contribution in [-0.4, -0.2) is 23.0 Å². The first-order valence-corrected chi connectivity index (χ1v) is 13.8. The molecule has 0 fully saturated rings. The van der Waals surface area contributed by atoms with Gasteiger partial charge in [0.15, 0.2) is 8.32 Å². The second-order valence-corrected chi connectivity index (χ2v) is 17.6. The van der Waals surface area contributed by atoms with E-state index < -0.39 is 16.4 Å². The van der Waals surface area contributed by atoms with Gasteiger partial charge in [0.1, 0.15) is 0 Å². The maximum Gasteiger partial charge on any atom is 0.191 e. The maximum absolute atomic E-state index is 6.46. The lowest BCUT2D eigenvalue weighted by molar-refractivity contribution is 0.292. The fraction of sp³-hybridized carbons (Fsp3) is 0.556. The first kappa shape index (κ1) is 18.4. The fourth-order valence-electron chi connectivity index (χ4n) is 2.17. The van der Waals surface area contributed by atoms with Crippen molar-refractivity contribution in [2.24, 2.45) is 0 Å². The highest BCUT2D eigenvalue weighted by molar-refractivity contribution is 6.91. The standard InChI is InChI=1S/C18H32OSi2/c1-9-16(15-19-21(7,8)18(2,3)4)20(5,6)17-13-11-10-12-14-17/h9-14,16H,1,15H2,2-8H3/t16-/m1/s1. The van der Waals surface area contributed by atoms with Gasteiger partial charge in [-0.15, -0.1) is 6.58 Å². The van der Waals surface area contributed by atoms with Crippen LogP contribution >= 0.6 is 0 Å². The highest BCUT2D eigenvalue weighted by atomic mass is 28.4. The summed E-state index contributed by atoms with van der Waals surface area (Å²) in [6, 6.07) is 10.9. The molecular formula is C18H32OSi2. The SMILES string of the molecule is C=C[C@H](CO[Si](C)(C)C(C)(C)C)[Si](C)(C)c1ccccc1. The van der Waals surface area contributed by atoms with Gasteiger partial charge in [-0.25, -0.2) is 0 Å². The molecule has 1 atom stereocenters. The third kappa shape index (κ3) is 4.41. The number of hydrogen-bond donors (Lipinski definition) is 0. The average molecular weight is 321 g/mol. The highest BCUT2D eigenvalue weighted by Gasteiger charge is 2.39. The predicted octanol–water partition coefficient (Wildman–Crippen LogP) is 5.18. The first-order valence-electron chi connectivity index (χ1n) is 7.84. The summed E-state index contributed by atoms with van der Waals surface area (Å²) in [4.78, 5) is 0. The van der Waals surface area contributed by atoms with Gasteiger partial charge in [-0.3, -0.25) is 0 Å². The van der Waals surface area contributed by atoms with E-state index in [1.165, 1.54) is 5.19 Å². The highest BCUT2D eigenvalue weighted by Crippen LogP contribution is 2.37. The van der Waals surface area contributed by atoms with Crippen molar-refractivity contribution in [1.29, 1.82) is 0 Å². The molecule has 1 nitrogen and oxygen atoms in total. The van der Waals surface area contributed by atoms with Crippen LogP contribution < -0.4 is 5.19 Å². The third-order valence-electron chi connectivity index (χ3n) is 5.16. The van der Waals surface area contributed by atoms with E-state index in [9.17, 15) is 0 Å². The van der Waals surface area contributed by atoms with Crippen molar-refractivity contribution in [3.8, 4) is 0 Å². The molecule has 0 aliphatic carbocycles. The van der Waals surface area contributed by atoms with Gasteiger partial charge in [0.05, 0.1) is 8.07 Å². The largest absolute Gasteiger partial charge is 0.417 e. The Labute approximate surface area is 133 Å². The van der Waals surface area contributed by atoms with Crippen molar-refractivity contribution in [3.05, 3.63) is 43.0 Å². The van der Waals surface area contributed by atoms with Crippen molar-refractivity contribution >= 4 is 21.6 Å². The van der Waals surface area contributed by atoms with E-state index >= 15 is 0 Å². The maximum atomic E-state index is 6.46. The molecule has 0 radical (unpaired) electrons. The Bertz CT molecular complexity index is 458. The lowest BCUT2D eigenvalue weighted by Gasteiger charge is -2.39. The van der Waals surface area contributed by atoms with Crippen LogP contribution in [0.4, 0.5) is 0 Å². The molecule has 1 aromatic carbocycles. The van der Waals surface area contributed by atoms with Gasteiger partial charge in [-0.1, -0.05) is 75.5 Å². The smallest absolute Gasteiger partial charge is 0.191 e. The van der Waals surface area contributed by atoms with Gasteiger partial charge >= 0.3 is 0 Å². The molecule has 0 saturated carbocycles.